The Kier molecular flexibility index (Phi) is 2.93. The van der Waals surface area contributed by atoms with E-state index < -0.39 is 9.84 Å². The van der Waals surface area contributed by atoms with Gasteiger partial charge in [-0.15, -0.1) is 0 Å². The van der Waals surface area contributed by atoms with Gasteiger partial charge in [-0.25, -0.2) is 8.42 Å². The van der Waals surface area contributed by atoms with Crippen molar-refractivity contribution in [2.75, 3.05) is 13.4 Å². The maximum Gasteiger partial charge on any atom is 0.292 e. The molecule has 4 nitrogen and oxygen atoms in total. The first kappa shape index (κ1) is 11.7. The van der Waals surface area contributed by atoms with Crippen molar-refractivity contribution in [2.24, 2.45) is 0 Å². The summed E-state index contributed by atoms with van der Waals surface area (Å²) in [6.07, 6.45) is 2.51. The van der Waals surface area contributed by atoms with Gasteiger partial charge in [0.2, 0.25) is 0 Å². The van der Waals surface area contributed by atoms with Crippen LogP contribution in [0.3, 0.4) is 0 Å². The summed E-state index contributed by atoms with van der Waals surface area (Å²) in [4.78, 5) is 0.232. The zero-order chi connectivity index (χ0) is 12.5. The van der Waals surface area contributed by atoms with E-state index in [1.807, 2.05) is 0 Å². The monoisotopic (exact) mass is 251 g/mol. The second-order valence-corrected chi connectivity index (χ2v) is 5.50. The summed E-state index contributed by atoms with van der Waals surface area (Å²) >= 11 is 0. The molecule has 0 bridgehead atoms. The van der Waals surface area contributed by atoms with E-state index in [2.05, 4.69) is 6.07 Å². The number of rotatable bonds is 3. The molecule has 0 amide bonds. The van der Waals surface area contributed by atoms with Gasteiger partial charge in [0.25, 0.3) is 5.95 Å². The fraction of sp³-hybridized carbons (Fsp3) is 0.167. The molecule has 0 aliphatic heterocycles. The summed E-state index contributed by atoms with van der Waals surface area (Å²) in [5.74, 6) is 0.251. The van der Waals surface area contributed by atoms with Crippen LogP contribution in [-0.4, -0.2) is 21.8 Å². The molecule has 0 N–H and O–H groups in total. The lowest BCUT2D eigenvalue weighted by Gasteiger charge is -2.06. The highest BCUT2D eigenvalue weighted by atomic mass is 32.2. The average molecular weight is 251 g/mol. The molecule has 0 fully saturated rings. The van der Waals surface area contributed by atoms with E-state index in [1.54, 1.807) is 24.3 Å². The first-order chi connectivity index (χ1) is 8.04. The normalized spacial score (nSPS) is 11.4. The van der Waals surface area contributed by atoms with Gasteiger partial charge in [0.15, 0.2) is 9.84 Å². The average Bonchev–Trinajstić information content (AvgIpc) is 2.75. The second kappa shape index (κ2) is 4.25. The first-order valence-corrected chi connectivity index (χ1v) is 6.76. The summed E-state index contributed by atoms with van der Waals surface area (Å²) in [6.45, 7) is 0. The number of hydrogen-bond acceptors (Lipinski definition) is 4. The first-order valence-electron chi connectivity index (χ1n) is 4.86. The fourth-order valence-electron chi connectivity index (χ4n) is 1.59. The van der Waals surface area contributed by atoms with Gasteiger partial charge in [-0.3, -0.25) is 0 Å². The third-order valence-corrected chi connectivity index (χ3v) is 3.47. The fourth-order valence-corrected chi connectivity index (χ4v) is 2.49. The predicted molar refractivity (Wildman–Crippen MR) is 62.6 cm³/mol. The molecule has 0 spiro atoms. The highest BCUT2D eigenvalue weighted by molar-refractivity contribution is 7.90. The largest absolute Gasteiger partial charge is 0.468 e. The van der Waals surface area contributed by atoms with Crippen LogP contribution in [0.5, 0.6) is 5.95 Å². The summed E-state index contributed by atoms with van der Waals surface area (Å²) in [5, 5.41) is 0. The van der Waals surface area contributed by atoms with Crippen LogP contribution < -0.4 is 4.74 Å². The second-order valence-electron chi connectivity index (χ2n) is 3.51. The number of hydrogen-bond donors (Lipinski definition) is 0. The van der Waals surface area contributed by atoms with Crippen molar-refractivity contribution in [3.8, 4) is 17.1 Å². The van der Waals surface area contributed by atoms with Crippen molar-refractivity contribution in [2.45, 2.75) is 4.90 Å². The number of ether oxygens (including phenoxy) is 1. The van der Waals surface area contributed by atoms with Gasteiger partial charge < -0.3 is 9.15 Å². The molecule has 1 aromatic heterocycles. The molecule has 5 heteroatoms. The van der Waals surface area contributed by atoms with Crippen LogP contribution in [0.2, 0.25) is 0 Å². The number of benzene rings is 1. The van der Waals surface area contributed by atoms with E-state index in [0.717, 1.165) is 0 Å². The van der Waals surface area contributed by atoms with E-state index in [9.17, 15) is 8.42 Å². The van der Waals surface area contributed by atoms with Crippen LogP contribution in [0.25, 0.3) is 11.1 Å². The van der Waals surface area contributed by atoms with Crippen molar-refractivity contribution in [1.29, 1.82) is 0 Å². The molecular formula is C12H11O4S. The van der Waals surface area contributed by atoms with Crippen molar-refractivity contribution < 1.29 is 17.6 Å². The maximum absolute atomic E-state index is 11.7. The van der Waals surface area contributed by atoms with Gasteiger partial charge in [-0.2, -0.15) is 0 Å². The lowest BCUT2D eigenvalue weighted by Crippen LogP contribution is -1.99. The number of sulfone groups is 1. The van der Waals surface area contributed by atoms with Gasteiger partial charge in [0.1, 0.15) is 6.26 Å². The van der Waals surface area contributed by atoms with Crippen molar-refractivity contribution in [1.82, 2.24) is 0 Å². The summed E-state index contributed by atoms with van der Waals surface area (Å²) in [6, 6.07) is 9.50. The quantitative estimate of drug-likeness (QED) is 0.838. The van der Waals surface area contributed by atoms with Gasteiger partial charge in [-0.05, 0) is 6.07 Å². The molecular weight excluding hydrogens is 240 g/mol. The van der Waals surface area contributed by atoms with Gasteiger partial charge in [0.05, 0.1) is 17.6 Å². The SMILES string of the molecule is COc1oc[c]c1-c1ccccc1S(C)(=O)=O. The minimum absolute atomic E-state index is 0.232. The van der Waals surface area contributed by atoms with E-state index in [4.69, 9.17) is 9.15 Å². The molecule has 2 aromatic rings. The van der Waals surface area contributed by atoms with Crippen LogP contribution in [0.4, 0.5) is 0 Å². The molecule has 0 atom stereocenters. The van der Waals surface area contributed by atoms with Crippen molar-refractivity contribution >= 4 is 9.84 Å². The molecule has 89 valence electrons. The molecule has 0 aliphatic rings. The van der Waals surface area contributed by atoms with Crippen LogP contribution in [0.15, 0.2) is 39.8 Å². The highest BCUT2D eigenvalue weighted by Crippen LogP contribution is 2.34. The Morgan fingerprint density at radius 3 is 2.65 bits per heavy atom. The Balaban J connectivity index is 2.69. The third-order valence-electron chi connectivity index (χ3n) is 2.31. The Morgan fingerprint density at radius 1 is 1.29 bits per heavy atom. The van der Waals surface area contributed by atoms with E-state index in [1.165, 1.54) is 19.6 Å². The van der Waals surface area contributed by atoms with Gasteiger partial charge in [-0.1, -0.05) is 18.2 Å². The molecule has 2 rings (SSSR count). The van der Waals surface area contributed by atoms with Gasteiger partial charge in [0, 0.05) is 17.9 Å². The third kappa shape index (κ3) is 2.19. The zero-order valence-electron chi connectivity index (χ0n) is 9.43. The molecule has 0 saturated heterocycles. The molecule has 1 heterocycles. The Bertz CT molecular complexity index is 625. The molecule has 0 unspecified atom stereocenters. The van der Waals surface area contributed by atoms with Gasteiger partial charge >= 0.3 is 0 Å². The van der Waals surface area contributed by atoms with Crippen molar-refractivity contribution in [3.05, 3.63) is 36.6 Å². The zero-order valence-corrected chi connectivity index (χ0v) is 10.2. The minimum atomic E-state index is -3.30. The topological polar surface area (TPSA) is 56.5 Å². The molecule has 1 aromatic carbocycles. The molecule has 0 aliphatic carbocycles. The van der Waals surface area contributed by atoms with E-state index in [-0.39, 0.29) is 10.8 Å². The Labute approximate surface area is 99.8 Å². The highest BCUT2D eigenvalue weighted by Gasteiger charge is 2.18. The summed E-state index contributed by atoms with van der Waals surface area (Å²) in [7, 11) is -1.84. The van der Waals surface area contributed by atoms with Crippen LogP contribution in [0, 0.1) is 6.07 Å². The van der Waals surface area contributed by atoms with Crippen LogP contribution in [0.1, 0.15) is 0 Å². The molecule has 0 saturated carbocycles. The predicted octanol–water partition coefficient (Wildman–Crippen LogP) is 2.16. The van der Waals surface area contributed by atoms with Crippen LogP contribution >= 0.6 is 0 Å². The number of methoxy groups -OCH3 is 1. The lowest BCUT2D eigenvalue weighted by atomic mass is 10.1. The number of furan rings is 1. The minimum Gasteiger partial charge on any atom is -0.468 e. The molecule has 17 heavy (non-hydrogen) atoms. The van der Waals surface area contributed by atoms with E-state index in [0.29, 0.717) is 11.1 Å². The summed E-state index contributed by atoms with van der Waals surface area (Å²) in [5.41, 5.74) is 1.04. The smallest absolute Gasteiger partial charge is 0.292 e. The standard InChI is InChI=1S/C12H11O4S/c1-15-12-10(7-8-16-12)9-5-3-4-6-11(9)17(2,13)14/h3-6,8H,1-2H3. The Morgan fingerprint density at radius 2 is 2.00 bits per heavy atom. The lowest BCUT2D eigenvalue weighted by molar-refractivity contribution is 0.306. The van der Waals surface area contributed by atoms with Crippen LogP contribution in [-0.2, 0) is 9.84 Å². The summed E-state index contributed by atoms with van der Waals surface area (Å²) < 4.78 is 33.4. The van der Waals surface area contributed by atoms with Crippen molar-refractivity contribution in [3.63, 3.8) is 0 Å². The maximum atomic E-state index is 11.7. The molecule has 1 radical (unpaired) electrons. The Hall–Kier alpha value is -1.75. The van der Waals surface area contributed by atoms with E-state index >= 15 is 0 Å².